The predicted molar refractivity (Wildman–Crippen MR) is 89.5 cm³/mol. The third-order valence-electron chi connectivity index (χ3n) is 4.10. The number of carbonyl (C=O) groups excluding carboxylic acids is 1. The van der Waals surface area contributed by atoms with E-state index in [9.17, 15) is 13.2 Å². The summed E-state index contributed by atoms with van der Waals surface area (Å²) in [5.74, 6) is 0.261. The zero-order valence-electron chi connectivity index (χ0n) is 14.4. The lowest BCUT2D eigenvalue weighted by Crippen LogP contribution is -2.31. The number of nitrogens with one attached hydrogen (secondary N) is 1. The van der Waals surface area contributed by atoms with E-state index in [0.29, 0.717) is 24.6 Å². The number of sulfonamides is 1. The lowest BCUT2D eigenvalue weighted by molar-refractivity contribution is 0.0971. The average molecular weight is 366 g/mol. The molecule has 25 heavy (non-hydrogen) atoms. The van der Waals surface area contributed by atoms with Crippen LogP contribution in [-0.2, 0) is 29.4 Å². The molecule has 0 saturated heterocycles. The van der Waals surface area contributed by atoms with Crippen molar-refractivity contribution in [2.24, 2.45) is 5.92 Å². The van der Waals surface area contributed by atoms with Crippen LogP contribution in [0.2, 0.25) is 0 Å². The predicted octanol–water partition coefficient (Wildman–Crippen LogP) is 1.91. The SMILES string of the molecule is CC(C)Cn1cnc(S(=O)(=O)NC(=O)c2noc3c2CCCCC3)c1. The fourth-order valence-corrected chi connectivity index (χ4v) is 3.87. The van der Waals surface area contributed by atoms with Crippen LogP contribution in [0.5, 0.6) is 0 Å². The van der Waals surface area contributed by atoms with E-state index in [4.69, 9.17) is 4.52 Å². The maximum Gasteiger partial charge on any atom is 0.287 e. The van der Waals surface area contributed by atoms with Gasteiger partial charge in [0.1, 0.15) is 5.76 Å². The van der Waals surface area contributed by atoms with Gasteiger partial charge in [0.05, 0.1) is 6.33 Å². The molecule has 1 amide bonds. The zero-order valence-corrected chi connectivity index (χ0v) is 15.2. The van der Waals surface area contributed by atoms with E-state index in [-0.39, 0.29) is 10.7 Å². The van der Waals surface area contributed by atoms with Crippen molar-refractivity contribution >= 4 is 15.9 Å². The summed E-state index contributed by atoms with van der Waals surface area (Å²) in [7, 11) is -4.05. The molecule has 0 aromatic carbocycles. The van der Waals surface area contributed by atoms with Crippen LogP contribution in [0.15, 0.2) is 22.1 Å². The maximum absolute atomic E-state index is 12.4. The van der Waals surface area contributed by atoms with Gasteiger partial charge in [0, 0.05) is 24.7 Å². The van der Waals surface area contributed by atoms with E-state index in [2.05, 4.69) is 10.1 Å². The van der Waals surface area contributed by atoms with Crippen LogP contribution in [0.3, 0.4) is 0 Å². The Labute approximate surface area is 146 Å². The number of amides is 1. The second kappa shape index (κ2) is 6.99. The Morgan fingerprint density at radius 1 is 1.32 bits per heavy atom. The van der Waals surface area contributed by atoms with Crippen molar-refractivity contribution < 1.29 is 17.7 Å². The number of aromatic nitrogens is 3. The summed E-state index contributed by atoms with van der Waals surface area (Å²) in [6.07, 6.45) is 7.22. The highest BCUT2D eigenvalue weighted by atomic mass is 32.2. The van der Waals surface area contributed by atoms with Crippen LogP contribution in [0.1, 0.15) is 54.9 Å². The van der Waals surface area contributed by atoms with Gasteiger partial charge >= 0.3 is 0 Å². The van der Waals surface area contributed by atoms with Crippen molar-refractivity contribution in [2.75, 3.05) is 0 Å². The molecule has 0 fully saturated rings. The van der Waals surface area contributed by atoms with E-state index < -0.39 is 15.9 Å². The molecule has 2 heterocycles. The highest BCUT2D eigenvalue weighted by molar-refractivity contribution is 7.90. The van der Waals surface area contributed by atoms with E-state index in [0.717, 1.165) is 31.2 Å². The van der Waals surface area contributed by atoms with Gasteiger partial charge in [-0.3, -0.25) is 4.79 Å². The molecule has 0 bridgehead atoms. The van der Waals surface area contributed by atoms with Gasteiger partial charge in [0.2, 0.25) is 0 Å². The summed E-state index contributed by atoms with van der Waals surface area (Å²) in [6.45, 7) is 4.69. The van der Waals surface area contributed by atoms with Crippen molar-refractivity contribution in [3.05, 3.63) is 29.5 Å². The summed E-state index contributed by atoms with van der Waals surface area (Å²) in [5.41, 5.74) is 0.776. The molecule has 0 radical (unpaired) electrons. The molecule has 0 spiro atoms. The lowest BCUT2D eigenvalue weighted by Gasteiger charge is -2.05. The fraction of sp³-hybridized carbons (Fsp3) is 0.562. The Morgan fingerprint density at radius 3 is 2.84 bits per heavy atom. The second-order valence-corrected chi connectivity index (χ2v) is 8.36. The highest BCUT2D eigenvalue weighted by Crippen LogP contribution is 2.23. The molecular formula is C16H22N4O4S. The molecule has 3 rings (SSSR count). The standard InChI is InChI=1S/C16H22N4O4S/c1-11(2)8-20-9-14(17-10-20)25(22,23)19-16(21)15-12-6-4-3-5-7-13(12)24-18-15/h9-11H,3-8H2,1-2H3,(H,19,21). The minimum absolute atomic E-state index is 0.0575. The third kappa shape index (κ3) is 3.92. The van der Waals surface area contributed by atoms with Gasteiger partial charge in [-0.25, -0.2) is 9.71 Å². The lowest BCUT2D eigenvalue weighted by atomic mass is 10.1. The summed E-state index contributed by atoms with van der Waals surface area (Å²) in [4.78, 5) is 16.3. The number of nitrogens with zero attached hydrogens (tertiary/aromatic N) is 3. The molecule has 9 heteroatoms. The number of imidazole rings is 1. The molecule has 2 aromatic rings. The summed E-state index contributed by atoms with van der Waals surface area (Å²) in [5, 5.41) is 3.60. The number of hydrogen-bond acceptors (Lipinski definition) is 6. The topological polar surface area (TPSA) is 107 Å². The fourth-order valence-electron chi connectivity index (χ4n) is 2.96. The molecular weight excluding hydrogens is 344 g/mol. The first-order valence-electron chi connectivity index (χ1n) is 8.43. The van der Waals surface area contributed by atoms with Gasteiger partial charge in [0.25, 0.3) is 15.9 Å². The van der Waals surface area contributed by atoms with Crippen LogP contribution >= 0.6 is 0 Å². The average Bonchev–Trinajstić information content (AvgIpc) is 3.08. The van der Waals surface area contributed by atoms with E-state index in [1.165, 1.54) is 12.5 Å². The van der Waals surface area contributed by atoms with Gasteiger partial charge in [-0.2, -0.15) is 8.42 Å². The minimum atomic E-state index is -4.05. The zero-order chi connectivity index (χ0) is 18.0. The Kier molecular flexibility index (Phi) is 4.94. The van der Waals surface area contributed by atoms with E-state index >= 15 is 0 Å². The Balaban J connectivity index is 1.78. The first kappa shape index (κ1) is 17.7. The van der Waals surface area contributed by atoms with Gasteiger partial charge in [-0.15, -0.1) is 0 Å². The first-order chi connectivity index (χ1) is 11.9. The van der Waals surface area contributed by atoms with Crippen molar-refractivity contribution in [1.82, 2.24) is 19.4 Å². The number of aryl methyl sites for hydroxylation is 1. The molecule has 1 N–H and O–H groups in total. The van der Waals surface area contributed by atoms with Crippen molar-refractivity contribution in [3.8, 4) is 0 Å². The number of rotatable bonds is 5. The van der Waals surface area contributed by atoms with E-state index in [1.807, 2.05) is 18.6 Å². The van der Waals surface area contributed by atoms with Crippen molar-refractivity contribution in [3.63, 3.8) is 0 Å². The largest absolute Gasteiger partial charge is 0.360 e. The smallest absolute Gasteiger partial charge is 0.287 e. The maximum atomic E-state index is 12.4. The Bertz CT molecular complexity index is 867. The number of hydrogen-bond donors (Lipinski definition) is 1. The Morgan fingerprint density at radius 2 is 2.08 bits per heavy atom. The van der Waals surface area contributed by atoms with Crippen molar-refractivity contribution in [1.29, 1.82) is 0 Å². The number of carbonyl (C=O) groups is 1. The monoisotopic (exact) mass is 366 g/mol. The van der Waals surface area contributed by atoms with E-state index in [1.54, 1.807) is 4.57 Å². The van der Waals surface area contributed by atoms with Gasteiger partial charge in [-0.1, -0.05) is 25.4 Å². The van der Waals surface area contributed by atoms with Crippen LogP contribution in [-0.4, -0.2) is 29.0 Å². The molecule has 0 unspecified atom stereocenters. The molecule has 136 valence electrons. The molecule has 1 aliphatic carbocycles. The normalized spacial score (nSPS) is 15.0. The molecule has 0 saturated carbocycles. The van der Waals surface area contributed by atoms with Crippen LogP contribution < -0.4 is 4.72 Å². The molecule has 8 nitrogen and oxygen atoms in total. The third-order valence-corrected chi connectivity index (χ3v) is 5.32. The molecule has 2 aromatic heterocycles. The summed E-state index contributed by atoms with van der Waals surface area (Å²) >= 11 is 0. The Hall–Kier alpha value is -2.16. The van der Waals surface area contributed by atoms with Crippen LogP contribution in [0.4, 0.5) is 0 Å². The molecule has 0 aliphatic heterocycles. The summed E-state index contributed by atoms with van der Waals surface area (Å²) < 4.78 is 33.8. The minimum Gasteiger partial charge on any atom is -0.360 e. The van der Waals surface area contributed by atoms with Crippen molar-refractivity contribution in [2.45, 2.75) is 57.5 Å². The highest BCUT2D eigenvalue weighted by Gasteiger charge is 2.27. The summed E-state index contributed by atoms with van der Waals surface area (Å²) in [6, 6.07) is 0. The van der Waals surface area contributed by atoms with Gasteiger partial charge in [0.15, 0.2) is 10.7 Å². The quantitative estimate of drug-likeness (QED) is 0.810. The second-order valence-electron chi connectivity index (χ2n) is 6.73. The number of fused-ring (bicyclic) bond motifs is 1. The van der Waals surface area contributed by atoms with Crippen LogP contribution in [0, 0.1) is 5.92 Å². The molecule has 1 aliphatic rings. The van der Waals surface area contributed by atoms with Gasteiger partial charge < -0.3 is 9.09 Å². The molecule has 0 atom stereocenters. The van der Waals surface area contributed by atoms with Gasteiger partial charge in [-0.05, 0) is 25.2 Å². The van der Waals surface area contributed by atoms with Crippen LogP contribution in [0.25, 0.3) is 0 Å². The first-order valence-corrected chi connectivity index (χ1v) is 9.91.